The molecular weight excluding hydrogens is 342 g/mol. The summed E-state index contributed by atoms with van der Waals surface area (Å²) in [5, 5.41) is 10.6. The van der Waals surface area contributed by atoms with Crippen molar-refractivity contribution in [2.75, 3.05) is 0 Å². The Morgan fingerprint density at radius 2 is 1.85 bits per heavy atom. The molecule has 2 aromatic carbocycles. The van der Waals surface area contributed by atoms with Gasteiger partial charge in [-0.2, -0.15) is 17.0 Å². The Balaban J connectivity index is 1.52. The summed E-state index contributed by atoms with van der Waals surface area (Å²) in [6.07, 6.45) is 4.47. The zero-order valence-corrected chi connectivity index (χ0v) is 15.4. The average Bonchev–Trinajstić information content (AvgIpc) is 3.04. The van der Waals surface area contributed by atoms with E-state index in [4.69, 9.17) is 4.74 Å². The Morgan fingerprint density at radius 1 is 1.12 bits per heavy atom. The number of benzene rings is 2. The normalized spacial score (nSPS) is 24.0. The Kier molecular flexibility index (Phi) is 4.99. The van der Waals surface area contributed by atoms with Crippen molar-refractivity contribution in [3.8, 4) is 11.8 Å². The maximum Gasteiger partial charge on any atom is 0.166 e. The molecule has 4 heteroatoms. The highest BCUT2D eigenvalue weighted by atomic mass is 32.2. The molecule has 0 saturated carbocycles. The van der Waals surface area contributed by atoms with E-state index in [0.717, 1.165) is 18.4 Å². The summed E-state index contributed by atoms with van der Waals surface area (Å²) in [6.45, 7) is 0.386. The van der Waals surface area contributed by atoms with Crippen molar-refractivity contribution in [1.82, 2.24) is 0 Å². The first-order valence-corrected chi connectivity index (χ1v) is 10.1. The monoisotopic (exact) mass is 363 g/mol. The number of hydrogen-bond acceptors (Lipinski definition) is 4. The molecule has 2 aliphatic heterocycles. The van der Waals surface area contributed by atoms with Crippen LogP contribution in [0.1, 0.15) is 47.2 Å². The van der Waals surface area contributed by atoms with Gasteiger partial charge in [0.25, 0.3) is 0 Å². The van der Waals surface area contributed by atoms with Crippen LogP contribution in [0.25, 0.3) is 0 Å². The number of nitrogens with zero attached hydrogens (tertiary/aromatic N) is 1. The van der Waals surface area contributed by atoms with Crippen LogP contribution in [0.3, 0.4) is 0 Å². The maximum atomic E-state index is 13.0. The third kappa shape index (κ3) is 3.64. The van der Waals surface area contributed by atoms with E-state index in [0.29, 0.717) is 34.0 Å². The number of carbonyl (C=O) groups excluding carboxylic acids is 1. The molecule has 0 aliphatic carbocycles. The second-order valence-electron chi connectivity index (χ2n) is 7.09. The minimum atomic E-state index is 0.114. The minimum Gasteiger partial charge on any atom is -0.487 e. The SMILES string of the molecule is N#Cc1ccc(C(=O)C2CC3CCC(C2)S3)cc1OCc1ccccc1. The molecule has 2 heterocycles. The number of Topliss-reactive ketones (excluding diaryl/α,β-unsaturated/α-hetero) is 1. The zero-order chi connectivity index (χ0) is 17.9. The van der Waals surface area contributed by atoms with Crippen molar-refractivity contribution in [1.29, 1.82) is 5.26 Å². The van der Waals surface area contributed by atoms with E-state index in [1.165, 1.54) is 12.8 Å². The molecular formula is C22H21NO2S. The van der Waals surface area contributed by atoms with E-state index in [-0.39, 0.29) is 11.7 Å². The van der Waals surface area contributed by atoms with Crippen LogP contribution in [0.4, 0.5) is 0 Å². The fraction of sp³-hybridized carbons (Fsp3) is 0.364. The van der Waals surface area contributed by atoms with Gasteiger partial charge in [0.1, 0.15) is 18.4 Å². The Morgan fingerprint density at radius 3 is 2.54 bits per heavy atom. The van der Waals surface area contributed by atoms with Gasteiger partial charge in [0.05, 0.1) is 5.56 Å². The summed E-state index contributed by atoms with van der Waals surface area (Å²) >= 11 is 2.06. The summed E-state index contributed by atoms with van der Waals surface area (Å²) in [5.74, 6) is 0.815. The van der Waals surface area contributed by atoms with Gasteiger partial charge in [-0.15, -0.1) is 0 Å². The van der Waals surface area contributed by atoms with Crippen LogP contribution < -0.4 is 4.74 Å². The molecule has 2 atom stereocenters. The van der Waals surface area contributed by atoms with Gasteiger partial charge in [-0.1, -0.05) is 30.3 Å². The number of fused-ring (bicyclic) bond motifs is 2. The first kappa shape index (κ1) is 17.2. The molecule has 2 aliphatic rings. The fourth-order valence-electron chi connectivity index (χ4n) is 3.93. The minimum absolute atomic E-state index is 0.114. The van der Waals surface area contributed by atoms with Crippen molar-refractivity contribution in [3.63, 3.8) is 0 Å². The van der Waals surface area contributed by atoms with Crippen LogP contribution in [0, 0.1) is 17.2 Å². The third-order valence-electron chi connectivity index (χ3n) is 5.28. The van der Waals surface area contributed by atoms with Gasteiger partial charge in [-0.05, 0) is 49.4 Å². The highest BCUT2D eigenvalue weighted by molar-refractivity contribution is 8.00. The summed E-state index contributed by atoms with van der Waals surface area (Å²) in [4.78, 5) is 13.0. The Labute approximate surface area is 158 Å². The molecule has 3 nitrogen and oxygen atoms in total. The Bertz CT molecular complexity index is 831. The zero-order valence-electron chi connectivity index (χ0n) is 14.6. The summed E-state index contributed by atoms with van der Waals surface area (Å²) < 4.78 is 5.87. The van der Waals surface area contributed by atoms with Gasteiger partial charge < -0.3 is 4.74 Å². The van der Waals surface area contributed by atoms with E-state index < -0.39 is 0 Å². The lowest BCUT2D eigenvalue weighted by atomic mass is 9.90. The summed E-state index contributed by atoms with van der Waals surface area (Å²) in [6, 6.07) is 17.2. The first-order chi connectivity index (χ1) is 12.7. The number of carbonyl (C=O) groups is 1. The molecule has 2 fully saturated rings. The van der Waals surface area contributed by atoms with Crippen LogP contribution in [0.2, 0.25) is 0 Å². The molecule has 26 heavy (non-hydrogen) atoms. The van der Waals surface area contributed by atoms with Crippen molar-refractivity contribution in [2.24, 2.45) is 5.92 Å². The molecule has 0 aromatic heterocycles. The second-order valence-corrected chi connectivity index (χ2v) is 8.69. The van der Waals surface area contributed by atoms with Crippen LogP contribution in [0.5, 0.6) is 5.75 Å². The molecule has 2 aromatic rings. The standard InChI is InChI=1S/C22H21NO2S/c23-13-17-7-6-16(12-21(17)25-14-15-4-2-1-3-5-15)22(24)18-10-19-8-9-20(11-18)26-19/h1-7,12,18-20H,8-11,14H2. The molecule has 0 N–H and O–H groups in total. The van der Waals surface area contributed by atoms with E-state index in [1.54, 1.807) is 18.2 Å². The molecule has 2 bridgehead atoms. The molecule has 2 saturated heterocycles. The van der Waals surface area contributed by atoms with E-state index in [9.17, 15) is 10.1 Å². The van der Waals surface area contributed by atoms with E-state index >= 15 is 0 Å². The van der Waals surface area contributed by atoms with Gasteiger partial charge in [-0.25, -0.2) is 0 Å². The van der Waals surface area contributed by atoms with E-state index in [2.05, 4.69) is 17.8 Å². The lowest BCUT2D eigenvalue weighted by Gasteiger charge is -2.26. The van der Waals surface area contributed by atoms with Crippen molar-refractivity contribution in [2.45, 2.75) is 42.8 Å². The van der Waals surface area contributed by atoms with Gasteiger partial charge in [0.15, 0.2) is 5.78 Å². The van der Waals surface area contributed by atoms with Crippen molar-refractivity contribution < 1.29 is 9.53 Å². The van der Waals surface area contributed by atoms with Crippen LogP contribution in [-0.2, 0) is 6.61 Å². The van der Waals surface area contributed by atoms with Crippen LogP contribution >= 0.6 is 11.8 Å². The molecule has 132 valence electrons. The largest absolute Gasteiger partial charge is 0.487 e. The van der Waals surface area contributed by atoms with Gasteiger partial charge in [0.2, 0.25) is 0 Å². The van der Waals surface area contributed by atoms with Crippen molar-refractivity contribution >= 4 is 17.5 Å². The predicted octanol–water partition coefficient (Wildman–Crippen LogP) is 4.99. The quantitative estimate of drug-likeness (QED) is 0.702. The molecule has 2 unspecified atom stereocenters. The number of hydrogen-bond donors (Lipinski definition) is 0. The van der Waals surface area contributed by atoms with Gasteiger partial charge in [-0.3, -0.25) is 4.79 Å². The third-order valence-corrected chi connectivity index (χ3v) is 6.91. The Hall–Kier alpha value is -2.25. The number of ether oxygens (including phenoxy) is 1. The maximum absolute atomic E-state index is 13.0. The highest BCUT2D eigenvalue weighted by Crippen LogP contribution is 2.46. The highest BCUT2D eigenvalue weighted by Gasteiger charge is 2.38. The average molecular weight is 363 g/mol. The molecule has 0 radical (unpaired) electrons. The summed E-state index contributed by atoms with van der Waals surface area (Å²) in [5.41, 5.74) is 2.18. The number of ketones is 1. The molecule has 0 amide bonds. The van der Waals surface area contributed by atoms with Gasteiger partial charge >= 0.3 is 0 Å². The lowest BCUT2D eigenvalue weighted by Crippen LogP contribution is -2.24. The topological polar surface area (TPSA) is 50.1 Å². The molecule has 0 spiro atoms. The van der Waals surface area contributed by atoms with E-state index in [1.807, 2.05) is 30.3 Å². The number of thioether (sulfide) groups is 1. The smallest absolute Gasteiger partial charge is 0.166 e. The van der Waals surface area contributed by atoms with Gasteiger partial charge in [0, 0.05) is 22.0 Å². The van der Waals surface area contributed by atoms with Crippen molar-refractivity contribution in [3.05, 3.63) is 65.2 Å². The lowest BCUT2D eigenvalue weighted by molar-refractivity contribution is 0.0906. The summed E-state index contributed by atoms with van der Waals surface area (Å²) in [7, 11) is 0. The molecule has 4 rings (SSSR count). The van der Waals surface area contributed by atoms with Crippen LogP contribution in [-0.4, -0.2) is 16.3 Å². The first-order valence-electron chi connectivity index (χ1n) is 9.13. The predicted molar refractivity (Wildman–Crippen MR) is 103 cm³/mol. The van der Waals surface area contributed by atoms with Crippen LogP contribution in [0.15, 0.2) is 48.5 Å². The number of nitriles is 1. The number of rotatable bonds is 5. The fourth-order valence-corrected chi connectivity index (χ4v) is 5.71. The second kappa shape index (κ2) is 7.55.